The lowest BCUT2D eigenvalue weighted by molar-refractivity contribution is 0.0585. The Labute approximate surface area is 176 Å². The normalized spacial score (nSPS) is 18.0. The lowest BCUT2D eigenvalue weighted by atomic mass is 10.0. The predicted molar refractivity (Wildman–Crippen MR) is 109 cm³/mol. The highest BCUT2D eigenvalue weighted by molar-refractivity contribution is 8.00. The number of rotatable bonds is 2. The van der Waals surface area contributed by atoms with Crippen molar-refractivity contribution in [3.63, 3.8) is 0 Å². The standard InChI is InChI=1S/C21H20F3N3O2S/c22-15-3-1-14(2-4-15)19(28)27-11-12-30-21(27)7-9-26(10-8-21)20(29)25-18-6-5-16(23)13-17(18)24/h1-6,13H,7-12H2,(H,25,29). The maximum absolute atomic E-state index is 13.8. The van der Waals surface area contributed by atoms with Crippen molar-refractivity contribution < 1.29 is 22.8 Å². The molecule has 2 aliphatic heterocycles. The van der Waals surface area contributed by atoms with Crippen LogP contribution in [0.25, 0.3) is 0 Å². The van der Waals surface area contributed by atoms with Crippen LogP contribution < -0.4 is 5.32 Å². The van der Waals surface area contributed by atoms with Crippen molar-refractivity contribution in [2.24, 2.45) is 0 Å². The quantitative estimate of drug-likeness (QED) is 0.765. The van der Waals surface area contributed by atoms with Gasteiger partial charge in [-0.05, 0) is 49.2 Å². The van der Waals surface area contributed by atoms with E-state index in [2.05, 4.69) is 5.32 Å². The summed E-state index contributed by atoms with van der Waals surface area (Å²) in [4.78, 5) is 28.5. The monoisotopic (exact) mass is 435 g/mol. The molecule has 0 saturated carbocycles. The SMILES string of the molecule is O=C(Nc1ccc(F)cc1F)N1CCC2(CC1)SCCN2C(=O)c1ccc(F)cc1. The van der Waals surface area contributed by atoms with E-state index in [9.17, 15) is 22.8 Å². The van der Waals surface area contributed by atoms with Crippen molar-refractivity contribution in [2.75, 3.05) is 30.7 Å². The summed E-state index contributed by atoms with van der Waals surface area (Å²) in [5, 5.41) is 2.47. The first-order valence-corrected chi connectivity index (χ1v) is 10.6. The third-order valence-corrected chi connectivity index (χ3v) is 7.07. The molecule has 2 heterocycles. The first kappa shape index (κ1) is 20.6. The highest BCUT2D eigenvalue weighted by atomic mass is 32.2. The summed E-state index contributed by atoms with van der Waals surface area (Å²) in [6.45, 7) is 1.39. The Balaban J connectivity index is 1.41. The molecule has 3 amide bonds. The zero-order valence-electron chi connectivity index (χ0n) is 16.0. The minimum atomic E-state index is -0.834. The van der Waals surface area contributed by atoms with Crippen molar-refractivity contribution in [3.8, 4) is 0 Å². The Kier molecular flexibility index (Phi) is 5.64. The number of thioether (sulfide) groups is 1. The second kappa shape index (κ2) is 8.22. The van der Waals surface area contributed by atoms with Gasteiger partial charge in [0.05, 0.1) is 10.6 Å². The first-order chi connectivity index (χ1) is 14.4. The van der Waals surface area contributed by atoms with Crippen LogP contribution in [0, 0.1) is 17.5 Å². The second-order valence-corrected chi connectivity index (χ2v) is 8.76. The molecule has 0 atom stereocenters. The number of urea groups is 1. The topological polar surface area (TPSA) is 52.7 Å². The molecular weight excluding hydrogens is 415 g/mol. The van der Waals surface area contributed by atoms with Crippen LogP contribution in [0.2, 0.25) is 0 Å². The van der Waals surface area contributed by atoms with Gasteiger partial charge in [0, 0.05) is 37.0 Å². The fourth-order valence-electron chi connectivity index (χ4n) is 3.90. The van der Waals surface area contributed by atoms with E-state index in [1.165, 1.54) is 30.3 Å². The first-order valence-electron chi connectivity index (χ1n) is 9.60. The highest BCUT2D eigenvalue weighted by Crippen LogP contribution is 2.44. The van der Waals surface area contributed by atoms with Crippen molar-refractivity contribution in [3.05, 3.63) is 65.5 Å². The van der Waals surface area contributed by atoms with Gasteiger partial charge in [0.1, 0.15) is 17.5 Å². The van der Waals surface area contributed by atoms with E-state index in [1.54, 1.807) is 16.7 Å². The van der Waals surface area contributed by atoms with Crippen LogP contribution in [0.5, 0.6) is 0 Å². The number of carbonyl (C=O) groups is 2. The molecule has 1 spiro atoms. The Morgan fingerprint density at radius 1 is 0.933 bits per heavy atom. The number of amides is 3. The van der Waals surface area contributed by atoms with Gasteiger partial charge in [0.15, 0.2) is 0 Å². The predicted octanol–water partition coefficient (Wildman–Crippen LogP) is 4.32. The molecule has 158 valence electrons. The molecule has 30 heavy (non-hydrogen) atoms. The number of nitrogens with one attached hydrogen (secondary N) is 1. The summed E-state index contributed by atoms with van der Waals surface area (Å²) < 4.78 is 40.0. The summed E-state index contributed by atoms with van der Waals surface area (Å²) in [7, 11) is 0. The number of benzene rings is 2. The average molecular weight is 435 g/mol. The summed E-state index contributed by atoms with van der Waals surface area (Å²) >= 11 is 1.69. The van der Waals surface area contributed by atoms with E-state index < -0.39 is 28.4 Å². The zero-order chi connectivity index (χ0) is 21.3. The average Bonchev–Trinajstić information content (AvgIpc) is 3.13. The molecular formula is C21H20F3N3O2S. The number of hydrogen-bond donors (Lipinski definition) is 1. The van der Waals surface area contributed by atoms with Gasteiger partial charge in [-0.15, -0.1) is 11.8 Å². The number of nitrogens with zero attached hydrogens (tertiary/aromatic N) is 2. The van der Waals surface area contributed by atoms with E-state index >= 15 is 0 Å². The molecule has 2 aromatic carbocycles. The van der Waals surface area contributed by atoms with Crippen LogP contribution in [0.4, 0.5) is 23.7 Å². The van der Waals surface area contributed by atoms with Crippen molar-refractivity contribution in [1.82, 2.24) is 9.80 Å². The maximum Gasteiger partial charge on any atom is 0.321 e. The lowest BCUT2D eigenvalue weighted by Gasteiger charge is -2.44. The van der Waals surface area contributed by atoms with Crippen molar-refractivity contribution >= 4 is 29.4 Å². The number of carbonyl (C=O) groups excluding carboxylic acids is 2. The van der Waals surface area contributed by atoms with Gasteiger partial charge in [0.25, 0.3) is 5.91 Å². The summed E-state index contributed by atoms with van der Waals surface area (Å²) in [6.07, 6.45) is 1.15. The number of halogens is 3. The largest absolute Gasteiger partial charge is 0.324 e. The molecule has 0 aromatic heterocycles. The summed E-state index contributed by atoms with van der Waals surface area (Å²) in [6, 6.07) is 8.02. The number of likely N-dealkylation sites (tertiary alicyclic amines) is 1. The second-order valence-electron chi connectivity index (χ2n) is 7.30. The Morgan fingerprint density at radius 2 is 1.60 bits per heavy atom. The summed E-state index contributed by atoms with van der Waals surface area (Å²) in [5.41, 5.74) is 0.357. The Bertz CT molecular complexity index is 962. The molecule has 0 unspecified atom stereocenters. The highest BCUT2D eigenvalue weighted by Gasteiger charge is 2.47. The molecule has 2 aromatic rings. The summed E-state index contributed by atoms with van der Waals surface area (Å²) in [5.74, 6) is -1.30. The molecule has 2 saturated heterocycles. The Hall–Kier alpha value is -2.68. The van der Waals surface area contributed by atoms with E-state index in [4.69, 9.17) is 0 Å². The Morgan fingerprint density at radius 3 is 2.27 bits per heavy atom. The van der Waals surface area contributed by atoms with Gasteiger partial charge in [-0.2, -0.15) is 0 Å². The third-order valence-electron chi connectivity index (χ3n) is 5.52. The molecule has 1 N–H and O–H groups in total. The minimum absolute atomic E-state index is 0.0787. The molecule has 2 fully saturated rings. The van der Waals surface area contributed by atoms with Gasteiger partial charge in [-0.25, -0.2) is 18.0 Å². The number of piperidine rings is 1. The minimum Gasteiger partial charge on any atom is -0.324 e. The van der Waals surface area contributed by atoms with Crippen LogP contribution in [-0.4, -0.2) is 52.0 Å². The lowest BCUT2D eigenvalue weighted by Crippen LogP contribution is -2.54. The fourth-order valence-corrected chi connectivity index (χ4v) is 5.36. The van der Waals surface area contributed by atoms with Crippen LogP contribution in [-0.2, 0) is 0 Å². The smallest absolute Gasteiger partial charge is 0.321 e. The van der Waals surface area contributed by atoms with Crippen LogP contribution >= 0.6 is 11.8 Å². The van der Waals surface area contributed by atoms with Crippen LogP contribution in [0.1, 0.15) is 23.2 Å². The number of hydrogen-bond acceptors (Lipinski definition) is 3. The zero-order valence-corrected chi connectivity index (χ0v) is 16.9. The molecule has 4 rings (SSSR count). The van der Waals surface area contributed by atoms with Crippen LogP contribution in [0.3, 0.4) is 0 Å². The van der Waals surface area contributed by atoms with Crippen molar-refractivity contribution in [1.29, 1.82) is 0 Å². The van der Waals surface area contributed by atoms with E-state index in [0.29, 0.717) is 38.0 Å². The molecule has 0 bridgehead atoms. The van der Waals surface area contributed by atoms with E-state index in [-0.39, 0.29) is 11.6 Å². The molecule has 0 aliphatic carbocycles. The van der Waals surface area contributed by atoms with Gasteiger partial charge in [0.2, 0.25) is 0 Å². The molecule has 0 radical (unpaired) electrons. The van der Waals surface area contributed by atoms with Crippen LogP contribution in [0.15, 0.2) is 42.5 Å². The molecule has 2 aliphatic rings. The fraction of sp³-hybridized carbons (Fsp3) is 0.333. The van der Waals surface area contributed by atoms with E-state index in [0.717, 1.165) is 17.9 Å². The van der Waals surface area contributed by atoms with Gasteiger partial charge in [-0.1, -0.05) is 0 Å². The third kappa shape index (κ3) is 3.98. The molecule has 9 heteroatoms. The van der Waals surface area contributed by atoms with E-state index in [1.807, 2.05) is 4.90 Å². The molecule has 5 nitrogen and oxygen atoms in total. The van der Waals surface area contributed by atoms with Crippen molar-refractivity contribution in [2.45, 2.75) is 17.7 Å². The number of anilines is 1. The maximum atomic E-state index is 13.8. The van der Waals surface area contributed by atoms with Gasteiger partial charge < -0.3 is 15.1 Å². The van der Waals surface area contributed by atoms with Gasteiger partial charge >= 0.3 is 6.03 Å². The van der Waals surface area contributed by atoms with Gasteiger partial charge in [-0.3, -0.25) is 4.79 Å².